The number of hydrogen-bond donors (Lipinski definition) is 1. The highest BCUT2D eigenvalue weighted by molar-refractivity contribution is 5.34. The molecule has 1 atom stereocenters. The minimum Gasteiger partial charge on any atom is -0.326 e. The summed E-state index contributed by atoms with van der Waals surface area (Å²) in [6.07, 6.45) is 3.61. The minimum absolute atomic E-state index is 0.0885. The summed E-state index contributed by atoms with van der Waals surface area (Å²) in [5.74, 6) is 0. The number of benzene rings is 1. The zero-order valence-electron chi connectivity index (χ0n) is 12.9. The summed E-state index contributed by atoms with van der Waals surface area (Å²) in [4.78, 5) is 2.56. The smallest absolute Gasteiger partial charge is 0.0307 e. The van der Waals surface area contributed by atoms with Crippen LogP contribution >= 0.6 is 0 Å². The van der Waals surface area contributed by atoms with Crippen LogP contribution in [0, 0.1) is 13.8 Å². The van der Waals surface area contributed by atoms with Crippen LogP contribution in [0.2, 0.25) is 0 Å². The van der Waals surface area contributed by atoms with Crippen LogP contribution in [0.3, 0.4) is 0 Å². The van der Waals surface area contributed by atoms with Crippen molar-refractivity contribution in [2.45, 2.75) is 58.5 Å². The van der Waals surface area contributed by atoms with Crippen molar-refractivity contribution in [3.05, 3.63) is 34.9 Å². The Balaban J connectivity index is 2.13. The van der Waals surface area contributed by atoms with Gasteiger partial charge in [0, 0.05) is 11.6 Å². The average molecular weight is 260 g/mol. The SMILES string of the molecule is Cc1cccc(C)c1CC(N)C(C)(C)N1CCCC1. The molecule has 0 radical (unpaired) electrons. The van der Waals surface area contributed by atoms with Gasteiger partial charge in [0.05, 0.1) is 0 Å². The van der Waals surface area contributed by atoms with Gasteiger partial charge in [0.15, 0.2) is 0 Å². The fourth-order valence-corrected chi connectivity index (χ4v) is 3.17. The standard InChI is InChI=1S/C17H28N2/c1-13-8-7-9-14(2)15(13)12-16(18)17(3,4)19-10-5-6-11-19/h7-9,16H,5-6,10-12,18H2,1-4H3. The molecule has 1 unspecified atom stereocenters. The molecule has 1 aliphatic heterocycles. The molecule has 2 N–H and O–H groups in total. The van der Waals surface area contributed by atoms with E-state index in [1.54, 1.807) is 0 Å². The van der Waals surface area contributed by atoms with Crippen molar-refractivity contribution in [2.75, 3.05) is 13.1 Å². The van der Waals surface area contributed by atoms with Gasteiger partial charge in [-0.3, -0.25) is 4.90 Å². The Kier molecular flexibility index (Phi) is 4.32. The first-order valence-electron chi connectivity index (χ1n) is 7.48. The van der Waals surface area contributed by atoms with Crippen molar-refractivity contribution in [3.8, 4) is 0 Å². The molecule has 0 aliphatic carbocycles. The van der Waals surface area contributed by atoms with E-state index in [0.717, 1.165) is 6.42 Å². The Hall–Kier alpha value is -0.860. The molecule has 1 saturated heterocycles. The molecule has 0 saturated carbocycles. The quantitative estimate of drug-likeness (QED) is 0.901. The molecule has 2 rings (SSSR count). The number of aryl methyl sites for hydroxylation is 2. The van der Waals surface area contributed by atoms with Crippen LogP contribution in [0.5, 0.6) is 0 Å². The summed E-state index contributed by atoms with van der Waals surface area (Å²) >= 11 is 0. The predicted octanol–water partition coefficient (Wildman–Crippen LogP) is 3.05. The molecule has 2 heteroatoms. The summed E-state index contributed by atoms with van der Waals surface area (Å²) in [5.41, 5.74) is 10.8. The van der Waals surface area contributed by atoms with Gasteiger partial charge < -0.3 is 5.73 Å². The molecular formula is C17H28N2. The van der Waals surface area contributed by atoms with Gasteiger partial charge in [-0.2, -0.15) is 0 Å². The van der Waals surface area contributed by atoms with Gasteiger partial charge >= 0.3 is 0 Å². The van der Waals surface area contributed by atoms with Crippen LogP contribution in [0.1, 0.15) is 43.4 Å². The topological polar surface area (TPSA) is 29.3 Å². The number of likely N-dealkylation sites (tertiary alicyclic amines) is 1. The van der Waals surface area contributed by atoms with Crippen molar-refractivity contribution < 1.29 is 0 Å². The highest BCUT2D eigenvalue weighted by Crippen LogP contribution is 2.26. The second-order valence-electron chi connectivity index (χ2n) is 6.53. The van der Waals surface area contributed by atoms with E-state index in [1.807, 2.05) is 0 Å². The van der Waals surface area contributed by atoms with Gasteiger partial charge in [0.2, 0.25) is 0 Å². The molecule has 0 aromatic heterocycles. The third kappa shape index (κ3) is 3.01. The minimum atomic E-state index is 0.0885. The van der Waals surface area contributed by atoms with Crippen LogP contribution in [0.15, 0.2) is 18.2 Å². The Labute approximate surface area is 118 Å². The number of nitrogens with two attached hydrogens (primary N) is 1. The summed E-state index contributed by atoms with van der Waals surface area (Å²) in [5, 5.41) is 0. The number of hydrogen-bond acceptors (Lipinski definition) is 2. The van der Waals surface area contributed by atoms with Gasteiger partial charge in [-0.05, 0) is 76.7 Å². The van der Waals surface area contributed by atoms with Gasteiger partial charge in [-0.15, -0.1) is 0 Å². The monoisotopic (exact) mass is 260 g/mol. The van der Waals surface area contributed by atoms with Crippen LogP contribution in [0.25, 0.3) is 0 Å². The fourth-order valence-electron chi connectivity index (χ4n) is 3.17. The molecule has 106 valence electrons. The molecule has 19 heavy (non-hydrogen) atoms. The van der Waals surface area contributed by atoms with E-state index in [2.05, 4.69) is 50.8 Å². The maximum absolute atomic E-state index is 6.56. The molecule has 0 bridgehead atoms. The molecule has 1 aromatic carbocycles. The summed E-state index contributed by atoms with van der Waals surface area (Å²) in [6.45, 7) is 11.4. The van der Waals surface area contributed by atoms with Crippen molar-refractivity contribution >= 4 is 0 Å². The lowest BCUT2D eigenvalue weighted by Gasteiger charge is -2.40. The Morgan fingerprint density at radius 1 is 1.16 bits per heavy atom. The fraction of sp³-hybridized carbons (Fsp3) is 0.647. The normalized spacial score (nSPS) is 18.8. The van der Waals surface area contributed by atoms with Gasteiger partial charge in [0.1, 0.15) is 0 Å². The molecule has 1 heterocycles. The van der Waals surface area contributed by atoms with Crippen LogP contribution < -0.4 is 5.73 Å². The van der Waals surface area contributed by atoms with E-state index in [-0.39, 0.29) is 11.6 Å². The van der Waals surface area contributed by atoms with E-state index >= 15 is 0 Å². The molecule has 0 amide bonds. The predicted molar refractivity (Wildman–Crippen MR) is 82.5 cm³/mol. The molecule has 1 fully saturated rings. The zero-order chi connectivity index (χ0) is 14.0. The van der Waals surface area contributed by atoms with E-state index in [4.69, 9.17) is 5.73 Å². The average Bonchev–Trinajstić information content (AvgIpc) is 2.88. The second kappa shape index (κ2) is 5.64. The largest absolute Gasteiger partial charge is 0.326 e. The van der Waals surface area contributed by atoms with Crippen LogP contribution in [0.4, 0.5) is 0 Å². The van der Waals surface area contributed by atoms with E-state index in [0.29, 0.717) is 0 Å². The first-order chi connectivity index (χ1) is 8.93. The lowest BCUT2D eigenvalue weighted by molar-refractivity contribution is 0.123. The Morgan fingerprint density at radius 3 is 2.21 bits per heavy atom. The van der Waals surface area contributed by atoms with Crippen molar-refractivity contribution in [3.63, 3.8) is 0 Å². The molecule has 2 nitrogen and oxygen atoms in total. The van der Waals surface area contributed by atoms with E-state index in [9.17, 15) is 0 Å². The van der Waals surface area contributed by atoms with Crippen molar-refractivity contribution in [1.82, 2.24) is 4.90 Å². The molecular weight excluding hydrogens is 232 g/mol. The van der Waals surface area contributed by atoms with E-state index < -0.39 is 0 Å². The first-order valence-corrected chi connectivity index (χ1v) is 7.48. The lowest BCUT2D eigenvalue weighted by Crippen LogP contribution is -2.56. The molecule has 1 aromatic rings. The third-order valence-corrected chi connectivity index (χ3v) is 4.90. The third-order valence-electron chi connectivity index (χ3n) is 4.90. The maximum Gasteiger partial charge on any atom is 0.0307 e. The lowest BCUT2D eigenvalue weighted by atomic mass is 9.86. The summed E-state index contributed by atoms with van der Waals surface area (Å²) < 4.78 is 0. The van der Waals surface area contributed by atoms with Crippen LogP contribution in [-0.2, 0) is 6.42 Å². The summed E-state index contributed by atoms with van der Waals surface area (Å²) in [7, 11) is 0. The highest BCUT2D eigenvalue weighted by Gasteiger charge is 2.34. The van der Waals surface area contributed by atoms with Gasteiger partial charge in [-0.1, -0.05) is 18.2 Å². The maximum atomic E-state index is 6.56. The van der Waals surface area contributed by atoms with Crippen LogP contribution in [-0.4, -0.2) is 29.6 Å². The van der Waals surface area contributed by atoms with E-state index in [1.165, 1.54) is 42.6 Å². The Bertz CT molecular complexity index is 411. The highest BCUT2D eigenvalue weighted by atomic mass is 15.2. The van der Waals surface area contributed by atoms with Gasteiger partial charge in [0.25, 0.3) is 0 Å². The first kappa shape index (κ1) is 14.5. The van der Waals surface area contributed by atoms with Crippen molar-refractivity contribution in [2.24, 2.45) is 5.73 Å². The number of nitrogens with zero attached hydrogens (tertiary/aromatic N) is 1. The second-order valence-corrected chi connectivity index (χ2v) is 6.53. The summed E-state index contributed by atoms with van der Waals surface area (Å²) in [6, 6.07) is 6.70. The zero-order valence-corrected chi connectivity index (χ0v) is 12.9. The van der Waals surface area contributed by atoms with Gasteiger partial charge in [-0.25, -0.2) is 0 Å². The Morgan fingerprint density at radius 2 is 1.68 bits per heavy atom. The molecule has 0 spiro atoms. The van der Waals surface area contributed by atoms with Crippen molar-refractivity contribution in [1.29, 1.82) is 0 Å². The molecule has 1 aliphatic rings. The number of rotatable bonds is 4.